The Kier molecular flexibility index (Phi) is 3.71. The largest absolute Gasteiger partial charge is 0.478 e. The molecule has 0 radical (unpaired) electrons. The van der Waals surface area contributed by atoms with E-state index in [2.05, 4.69) is 17.9 Å². The quantitative estimate of drug-likeness (QED) is 0.810. The lowest BCUT2D eigenvalue weighted by Crippen LogP contribution is -2.26. The summed E-state index contributed by atoms with van der Waals surface area (Å²) in [6, 6.07) is 0. The van der Waals surface area contributed by atoms with E-state index in [0.717, 1.165) is 18.2 Å². The normalized spacial score (nSPS) is 22.2. The third kappa shape index (κ3) is 2.56. The Bertz CT molecular complexity index is 478. The zero-order valence-electron chi connectivity index (χ0n) is 10.6. The molecule has 1 aliphatic carbocycles. The molecule has 0 aromatic carbocycles. The summed E-state index contributed by atoms with van der Waals surface area (Å²) in [5.74, 6) is 3.05. The predicted molar refractivity (Wildman–Crippen MR) is 68.2 cm³/mol. The fourth-order valence-electron chi connectivity index (χ4n) is 2.66. The Morgan fingerprint density at radius 1 is 1.67 bits per heavy atom. The summed E-state index contributed by atoms with van der Waals surface area (Å²) in [7, 11) is 0. The van der Waals surface area contributed by atoms with E-state index in [9.17, 15) is 4.79 Å². The molecule has 1 saturated carbocycles. The molecule has 0 atom stereocenters. The van der Waals surface area contributed by atoms with E-state index < -0.39 is 5.97 Å². The van der Waals surface area contributed by atoms with Gasteiger partial charge in [-0.15, -0.1) is 12.3 Å². The molecule has 1 fully saturated rings. The number of carbonyl (C=O) groups is 1. The van der Waals surface area contributed by atoms with Gasteiger partial charge in [0.05, 0.1) is 11.9 Å². The van der Waals surface area contributed by atoms with Crippen LogP contribution in [0, 0.1) is 24.2 Å². The molecule has 1 aromatic heterocycles. The highest BCUT2D eigenvalue weighted by molar-refractivity contribution is 5.88. The van der Waals surface area contributed by atoms with Crippen LogP contribution in [0.2, 0.25) is 0 Å². The number of aromatic nitrogens is 2. The molecule has 1 N–H and O–H groups in total. The van der Waals surface area contributed by atoms with Gasteiger partial charge < -0.3 is 5.11 Å². The van der Waals surface area contributed by atoms with Gasteiger partial charge in [0.25, 0.3) is 0 Å². The molecule has 0 amide bonds. The number of hydrogen-bond donors (Lipinski definition) is 1. The molecule has 0 saturated heterocycles. The van der Waals surface area contributed by atoms with Crippen LogP contribution in [-0.4, -0.2) is 20.9 Å². The second-order valence-electron chi connectivity index (χ2n) is 5.14. The van der Waals surface area contributed by atoms with Crippen LogP contribution in [0.1, 0.15) is 42.2 Å². The number of carboxylic acids is 1. The molecular formula is C14H18N2O2. The lowest BCUT2D eigenvalue weighted by atomic mass is 9.76. The monoisotopic (exact) mass is 246 g/mol. The molecule has 0 bridgehead atoms. The minimum atomic E-state index is -0.921. The molecule has 4 heteroatoms. The van der Waals surface area contributed by atoms with E-state index in [1.54, 1.807) is 0 Å². The van der Waals surface area contributed by atoms with E-state index in [1.165, 1.54) is 19.0 Å². The van der Waals surface area contributed by atoms with Gasteiger partial charge in [0, 0.05) is 19.4 Å². The van der Waals surface area contributed by atoms with Crippen LogP contribution >= 0.6 is 0 Å². The molecule has 0 aliphatic heterocycles. The average Bonchev–Trinajstić information content (AvgIpc) is 2.67. The number of hydrogen-bond acceptors (Lipinski definition) is 2. The van der Waals surface area contributed by atoms with E-state index in [1.807, 2.05) is 4.68 Å². The first-order valence-corrected chi connectivity index (χ1v) is 6.33. The van der Waals surface area contributed by atoms with Gasteiger partial charge in [-0.1, -0.05) is 6.92 Å². The Balaban J connectivity index is 2.13. The molecule has 1 aliphatic rings. The highest BCUT2D eigenvalue weighted by Crippen LogP contribution is 2.34. The summed E-state index contributed by atoms with van der Waals surface area (Å²) in [5, 5.41) is 13.3. The first kappa shape index (κ1) is 12.7. The van der Waals surface area contributed by atoms with E-state index in [4.69, 9.17) is 11.5 Å². The maximum atomic E-state index is 11.1. The summed E-state index contributed by atoms with van der Waals surface area (Å²) >= 11 is 0. The van der Waals surface area contributed by atoms with Crippen LogP contribution in [0.5, 0.6) is 0 Å². The van der Waals surface area contributed by atoms with Gasteiger partial charge in [-0.3, -0.25) is 4.68 Å². The molecule has 1 aromatic rings. The van der Waals surface area contributed by atoms with Gasteiger partial charge in [-0.25, -0.2) is 4.79 Å². The van der Waals surface area contributed by atoms with Gasteiger partial charge in [0.15, 0.2) is 0 Å². The Morgan fingerprint density at radius 2 is 2.39 bits per heavy atom. The number of aromatic carboxylic acids is 1. The van der Waals surface area contributed by atoms with E-state index >= 15 is 0 Å². The maximum Gasteiger partial charge on any atom is 0.339 e. The van der Waals surface area contributed by atoms with Gasteiger partial charge in [0.2, 0.25) is 0 Å². The molecule has 4 nitrogen and oxygen atoms in total. The van der Waals surface area contributed by atoms with Crippen molar-refractivity contribution in [1.29, 1.82) is 0 Å². The van der Waals surface area contributed by atoms with Gasteiger partial charge >= 0.3 is 5.97 Å². The third-order valence-electron chi connectivity index (χ3n) is 3.59. The zero-order valence-corrected chi connectivity index (χ0v) is 10.6. The molecule has 1 heterocycles. The lowest BCUT2D eigenvalue weighted by Gasteiger charge is -2.32. The third-order valence-corrected chi connectivity index (χ3v) is 3.59. The topological polar surface area (TPSA) is 55.1 Å². The molecule has 0 spiro atoms. The minimum Gasteiger partial charge on any atom is -0.478 e. The van der Waals surface area contributed by atoms with Crippen molar-refractivity contribution in [2.75, 3.05) is 0 Å². The SMILES string of the molecule is C#CCCc1c(C(=O)O)cnn1CC1CC(C)C1. The van der Waals surface area contributed by atoms with Crippen molar-refractivity contribution in [3.05, 3.63) is 17.5 Å². The fraction of sp³-hybridized carbons (Fsp3) is 0.571. The number of carboxylic acid groups (broad SMARTS) is 1. The van der Waals surface area contributed by atoms with Crippen molar-refractivity contribution in [3.63, 3.8) is 0 Å². The maximum absolute atomic E-state index is 11.1. The van der Waals surface area contributed by atoms with Crippen LogP contribution in [0.15, 0.2) is 6.20 Å². The van der Waals surface area contributed by atoms with Crippen LogP contribution in [0.4, 0.5) is 0 Å². The van der Waals surface area contributed by atoms with Crippen LogP contribution in [0.3, 0.4) is 0 Å². The zero-order chi connectivity index (χ0) is 13.1. The van der Waals surface area contributed by atoms with Crippen molar-refractivity contribution < 1.29 is 9.90 Å². The lowest BCUT2D eigenvalue weighted by molar-refractivity contribution is 0.0695. The molecule has 0 unspecified atom stereocenters. The average molecular weight is 246 g/mol. The van der Waals surface area contributed by atoms with Crippen molar-refractivity contribution in [2.45, 2.75) is 39.2 Å². The second-order valence-corrected chi connectivity index (χ2v) is 5.14. The van der Waals surface area contributed by atoms with Crippen LogP contribution < -0.4 is 0 Å². The number of terminal acetylenes is 1. The summed E-state index contributed by atoms with van der Waals surface area (Å²) in [6.45, 7) is 3.05. The summed E-state index contributed by atoms with van der Waals surface area (Å²) in [5.41, 5.74) is 1.05. The van der Waals surface area contributed by atoms with Gasteiger partial charge in [0.1, 0.15) is 5.56 Å². The molecule has 96 valence electrons. The van der Waals surface area contributed by atoms with Crippen molar-refractivity contribution in [1.82, 2.24) is 9.78 Å². The number of nitrogens with zero attached hydrogens (tertiary/aromatic N) is 2. The fourth-order valence-corrected chi connectivity index (χ4v) is 2.66. The number of rotatable bonds is 5. The van der Waals surface area contributed by atoms with Gasteiger partial charge in [-0.05, 0) is 24.7 Å². The minimum absolute atomic E-state index is 0.289. The van der Waals surface area contributed by atoms with Crippen molar-refractivity contribution >= 4 is 5.97 Å². The van der Waals surface area contributed by atoms with Crippen molar-refractivity contribution in [2.24, 2.45) is 11.8 Å². The Morgan fingerprint density at radius 3 is 2.94 bits per heavy atom. The first-order chi connectivity index (χ1) is 8.61. The molecular weight excluding hydrogens is 228 g/mol. The first-order valence-electron chi connectivity index (χ1n) is 6.33. The van der Waals surface area contributed by atoms with E-state index in [0.29, 0.717) is 18.8 Å². The molecule has 18 heavy (non-hydrogen) atoms. The highest BCUT2D eigenvalue weighted by atomic mass is 16.4. The van der Waals surface area contributed by atoms with Crippen LogP contribution in [0.25, 0.3) is 0 Å². The smallest absolute Gasteiger partial charge is 0.339 e. The Hall–Kier alpha value is -1.76. The second kappa shape index (κ2) is 5.26. The summed E-state index contributed by atoms with van der Waals surface area (Å²) in [6.07, 6.45) is 10.2. The standard InChI is InChI=1S/C14H18N2O2/c1-3-4-5-13-12(14(17)18)8-15-16(13)9-11-6-10(2)7-11/h1,8,10-11H,4-7,9H2,2H3,(H,17,18). The molecule has 2 rings (SSSR count). The predicted octanol–water partition coefficient (Wildman–Crippen LogP) is 2.19. The summed E-state index contributed by atoms with van der Waals surface area (Å²) < 4.78 is 1.83. The van der Waals surface area contributed by atoms with Gasteiger partial charge in [-0.2, -0.15) is 5.10 Å². The van der Waals surface area contributed by atoms with Crippen molar-refractivity contribution in [3.8, 4) is 12.3 Å². The highest BCUT2D eigenvalue weighted by Gasteiger charge is 2.27. The summed E-state index contributed by atoms with van der Waals surface area (Å²) in [4.78, 5) is 11.1. The van der Waals surface area contributed by atoms with Crippen LogP contribution in [-0.2, 0) is 13.0 Å². The van der Waals surface area contributed by atoms with E-state index in [-0.39, 0.29) is 5.56 Å². The Labute approximate surface area is 107 Å².